The highest BCUT2D eigenvalue weighted by molar-refractivity contribution is 5.96. The summed E-state index contributed by atoms with van der Waals surface area (Å²) in [5.41, 5.74) is -3.89. The number of cyclic esters (lactones) is 2. The number of epoxide rings is 1. The van der Waals surface area contributed by atoms with Crippen molar-refractivity contribution < 1.29 is 47.7 Å². The first-order valence-electron chi connectivity index (χ1n) is 13.9. The maximum absolute atomic E-state index is 13.4. The normalized spacial score (nSPS) is 47.9. The van der Waals surface area contributed by atoms with Crippen LogP contribution < -0.4 is 0 Å². The van der Waals surface area contributed by atoms with Gasteiger partial charge in [-0.25, -0.2) is 9.59 Å². The third-order valence-corrected chi connectivity index (χ3v) is 11.3. The monoisotopic (exact) mass is 556 g/mol. The second-order valence-electron chi connectivity index (χ2n) is 13.5. The van der Waals surface area contributed by atoms with Crippen molar-refractivity contribution in [1.29, 1.82) is 0 Å². The van der Waals surface area contributed by atoms with Gasteiger partial charge in [0.15, 0.2) is 11.9 Å². The van der Waals surface area contributed by atoms with E-state index in [-0.39, 0.29) is 23.2 Å². The van der Waals surface area contributed by atoms with Crippen LogP contribution in [0.1, 0.15) is 67.7 Å². The number of esters is 4. The van der Waals surface area contributed by atoms with E-state index < -0.39 is 75.7 Å². The maximum atomic E-state index is 13.4. The van der Waals surface area contributed by atoms with Crippen molar-refractivity contribution in [1.82, 2.24) is 0 Å². The highest BCUT2D eigenvalue weighted by Crippen LogP contribution is 2.78. The summed E-state index contributed by atoms with van der Waals surface area (Å²) in [5, 5.41) is 0. The quantitative estimate of drug-likeness (QED) is 0.290. The highest BCUT2D eigenvalue weighted by atomic mass is 16.7. The van der Waals surface area contributed by atoms with E-state index in [2.05, 4.69) is 6.92 Å². The fourth-order valence-electron chi connectivity index (χ4n) is 9.59. The van der Waals surface area contributed by atoms with Gasteiger partial charge in [0.1, 0.15) is 17.8 Å². The lowest BCUT2D eigenvalue weighted by Gasteiger charge is -2.68. The van der Waals surface area contributed by atoms with Gasteiger partial charge in [-0.15, -0.1) is 0 Å². The molecular weight excluding hydrogens is 520 g/mol. The average molecular weight is 557 g/mol. The predicted molar refractivity (Wildman–Crippen MR) is 136 cm³/mol. The highest BCUT2D eigenvalue weighted by Gasteiger charge is 2.88. The van der Waals surface area contributed by atoms with E-state index in [4.69, 9.17) is 23.7 Å². The van der Waals surface area contributed by atoms with Crippen molar-refractivity contribution in [3.05, 3.63) is 23.8 Å². The van der Waals surface area contributed by atoms with E-state index in [0.717, 1.165) is 0 Å². The topological polar surface area (TPSA) is 135 Å². The fourth-order valence-corrected chi connectivity index (χ4v) is 9.59. The molecular formula is C30H36O10. The molecule has 0 amide bonds. The number of hydrogen-bond donors (Lipinski definition) is 0. The summed E-state index contributed by atoms with van der Waals surface area (Å²) >= 11 is 0. The Kier molecular flexibility index (Phi) is 5.47. The largest absolute Gasteiger partial charge is 0.462 e. The Morgan fingerprint density at radius 2 is 1.60 bits per heavy atom. The van der Waals surface area contributed by atoms with Gasteiger partial charge < -0.3 is 23.7 Å². The smallest absolute Gasteiger partial charge is 0.341 e. The van der Waals surface area contributed by atoms with Gasteiger partial charge >= 0.3 is 23.9 Å². The minimum Gasteiger partial charge on any atom is -0.462 e. The van der Waals surface area contributed by atoms with Gasteiger partial charge in [-0.3, -0.25) is 14.4 Å². The molecule has 0 aromatic rings. The van der Waals surface area contributed by atoms with Gasteiger partial charge in [-0.1, -0.05) is 40.7 Å². The SMILES string of the molecule is CC(=O)O[C@H]1C=C([C@@H]2OC(=O)[C@H]3O[C@]34[C@@]3(C)[C@H](CC[C@@]24C)[C@@]2(C)C=CC(=O)C(C)(C)[C@@H]2C[C@H]3OC(C)=O)C(=O)O1. The molecule has 0 aromatic carbocycles. The van der Waals surface area contributed by atoms with Crippen molar-refractivity contribution in [3.63, 3.8) is 0 Å². The Hall–Kier alpha value is -3.01. The molecule has 2 saturated carbocycles. The number of ether oxygens (including phenoxy) is 5. The van der Waals surface area contributed by atoms with Crippen molar-refractivity contribution in [2.75, 3.05) is 0 Å². The lowest BCUT2D eigenvalue weighted by atomic mass is 9.35. The zero-order valence-electron chi connectivity index (χ0n) is 23.9. The van der Waals surface area contributed by atoms with Crippen LogP contribution in [0.2, 0.25) is 0 Å². The van der Waals surface area contributed by atoms with E-state index in [9.17, 15) is 24.0 Å². The Balaban J connectivity index is 1.50. The Morgan fingerprint density at radius 3 is 2.25 bits per heavy atom. The summed E-state index contributed by atoms with van der Waals surface area (Å²) in [6, 6.07) is 0. The van der Waals surface area contributed by atoms with E-state index in [1.807, 2.05) is 33.8 Å². The molecule has 0 bridgehead atoms. The summed E-state index contributed by atoms with van der Waals surface area (Å²) in [4.78, 5) is 63.5. The van der Waals surface area contributed by atoms with E-state index >= 15 is 0 Å². The molecule has 0 radical (unpaired) electrons. The minimum atomic E-state index is -1.21. The first-order valence-corrected chi connectivity index (χ1v) is 13.9. The van der Waals surface area contributed by atoms with Gasteiger partial charge in [0.25, 0.3) is 6.29 Å². The van der Waals surface area contributed by atoms with Crippen LogP contribution in [0, 0.1) is 33.5 Å². The number of carbonyl (C=O) groups excluding carboxylic acids is 5. The van der Waals surface area contributed by atoms with E-state index in [1.54, 1.807) is 6.08 Å². The van der Waals surface area contributed by atoms with Crippen LogP contribution in [0.25, 0.3) is 0 Å². The molecule has 0 N–H and O–H groups in total. The van der Waals surface area contributed by atoms with Gasteiger partial charge in [-0.05, 0) is 42.6 Å². The zero-order chi connectivity index (χ0) is 29.2. The Bertz CT molecular complexity index is 1310. The van der Waals surface area contributed by atoms with Crippen LogP contribution in [0.15, 0.2) is 23.8 Å². The molecule has 216 valence electrons. The standard InChI is InChI=1S/C30H36O10/c1-14(31)36-20-13-18-26(3,4)19(33)9-10-27(18,5)17-8-11-28(6)22(16-12-21(37-15(2)32)38-24(16)34)39-25(35)23-30(28,40-23)29(17,20)7/h9-10,12,17-18,20-23H,8,11,13H2,1-7H3/t17-,18+,20-,21-,22+,23-,27-,28+,29+,30-/m1/s1. The summed E-state index contributed by atoms with van der Waals surface area (Å²) < 4.78 is 28.8. The number of allylic oxidation sites excluding steroid dienone is 2. The summed E-state index contributed by atoms with van der Waals surface area (Å²) in [7, 11) is 0. The summed E-state index contributed by atoms with van der Waals surface area (Å²) in [6.07, 6.45) is 2.88. The van der Waals surface area contributed by atoms with Crippen LogP contribution in [-0.2, 0) is 47.7 Å². The molecule has 4 fully saturated rings. The molecule has 0 unspecified atom stereocenters. The van der Waals surface area contributed by atoms with Crippen LogP contribution in [0.4, 0.5) is 0 Å². The lowest BCUT2D eigenvalue weighted by molar-refractivity contribution is -0.247. The molecule has 1 spiro atoms. The van der Waals surface area contributed by atoms with Crippen molar-refractivity contribution in [3.8, 4) is 0 Å². The van der Waals surface area contributed by atoms with Gasteiger partial charge in [-0.2, -0.15) is 0 Å². The number of rotatable bonds is 3. The third kappa shape index (κ3) is 3.11. The fraction of sp³-hybridized carbons (Fsp3) is 0.700. The number of ketones is 1. The van der Waals surface area contributed by atoms with Gasteiger partial charge in [0.2, 0.25) is 0 Å². The first-order chi connectivity index (χ1) is 18.5. The number of hydrogen-bond acceptors (Lipinski definition) is 10. The summed E-state index contributed by atoms with van der Waals surface area (Å²) in [5.74, 6) is -2.59. The Morgan fingerprint density at radius 1 is 0.925 bits per heavy atom. The second kappa shape index (κ2) is 8.05. The van der Waals surface area contributed by atoms with Crippen LogP contribution >= 0.6 is 0 Å². The van der Waals surface area contributed by atoms with Crippen LogP contribution in [0.5, 0.6) is 0 Å². The third-order valence-electron chi connectivity index (χ3n) is 11.3. The minimum absolute atomic E-state index is 0.0369. The molecule has 3 aliphatic heterocycles. The molecule has 3 heterocycles. The second-order valence-corrected chi connectivity index (χ2v) is 13.5. The molecule has 6 aliphatic rings. The number of carbonyl (C=O) groups is 5. The van der Waals surface area contributed by atoms with Gasteiger partial charge in [0.05, 0.1) is 5.57 Å². The zero-order valence-corrected chi connectivity index (χ0v) is 23.9. The maximum Gasteiger partial charge on any atom is 0.341 e. The Labute approximate surface area is 232 Å². The molecule has 6 rings (SSSR count). The summed E-state index contributed by atoms with van der Waals surface area (Å²) in [6.45, 7) is 12.6. The predicted octanol–water partition coefficient (Wildman–Crippen LogP) is 2.97. The molecule has 0 aromatic heterocycles. The molecule has 10 nitrogen and oxygen atoms in total. The van der Waals surface area contributed by atoms with Crippen molar-refractivity contribution >= 4 is 29.7 Å². The van der Waals surface area contributed by atoms with Crippen LogP contribution in [0.3, 0.4) is 0 Å². The van der Waals surface area contributed by atoms with Crippen molar-refractivity contribution in [2.24, 2.45) is 33.5 Å². The lowest BCUT2D eigenvalue weighted by Crippen LogP contribution is -2.74. The number of fused-ring (bicyclic) bond motifs is 3. The average Bonchev–Trinajstić information content (AvgIpc) is 3.53. The molecule has 40 heavy (non-hydrogen) atoms. The van der Waals surface area contributed by atoms with Crippen LogP contribution in [-0.4, -0.2) is 59.9 Å². The van der Waals surface area contributed by atoms with E-state index in [0.29, 0.717) is 19.3 Å². The van der Waals surface area contributed by atoms with E-state index in [1.165, 1.54) is 19.9 Å². The van der Waals surface area contributed by atoms with Gasteiger partial charge in [0, 0.05) is 36.2 Å². The van der Waals surface area contributed by atoms with Crippen molar-refractivity contribution in [2.45, 2.75) is 97.9 Å². The molecule has 10 atom stereocenters. The molecule has 2 saturated heterocycles. The first kappa shape index (κ1) is 27.2. The molecule has 3 aliphatic carbocycles. The molecule has 10 heteroatoms.